The topological polar surface area (TPSA) is 70.0 Å². The first kappa shape index (κ1) is 19.3. The summed E-state index contributed by atoms with van der Waals surface area (Å²) < 4.78 is 6.09. The molecule has 31 heavy (non-hydrogen) atoms. The minimum absolute atomic E-state index is 0.0137. The van der Waals surface area contributed by atoms with Crippen molar-refractivity contribution in [2.24, 2.45) is 0 Å². The van der Waals surface area contributed by atoms with Gasteiger partial charge < -0.3 is 14.9 Å². The van der Waals surface area contributed by atoms with Gasteiger partial charge in [-0.25, -0.2) is 0 Å². The lowest BCUT2D eigenvalue weighted by Crippen LogP contribution is -2.76. The molecule has 2 aromatic rings. The number of ketones is 1. The van der Waals surface area contributed by atoms with Gasteiger partial charge in [-0.05, 0) is 68.8 Å². The lowest BCUT2D eigenvalue weighted by Gasteiger charge is -2.62. The summed E-state index contributed by atoms with van der Waals surface area (Å²) in [4.78, 5) is 15.3. The SMILES string of the molecule is O=C1CC[C@]2(O)[C@@H]3Cc4ccc(O)c5c4[C@]2(CCN3CCCCc2ccccc2)[C@@H]1O5. The summed E-state index contributed by atoms with van der Waals surface area (Å²) in [6, 6.07) is 14.2. The fourth-order valence-corrected chi connectivity index (χ4v) is 6.97. The van der Waals surface area contributed by atoms with Crippen molar-refractivity contribution in [3.8, 4) is 11.5 Å². The van der Waals surface area contributed by atoms with Crippen LogP contribution in [0.4, 0.5) is 0 Å². The van der Waals surface area contributed by atoms with Gasteiger partial charge in [-0.3, -0.25) is 9.69 Å². The third kappa shape index (κ3) is 2.53. The first-order valence-electron chi connectivity index (χ1n) is 11.6. The predicted molar refractivity (Wildman–Crippen MR) is 116 cm³/mol. The number of hydrogen-bond donors (Lipinski definition) is 2. The quantitative estimate of drug-likeness (QED) is 0.729. The van der Waals surface area contributed by atoms with E-state index < -0.39 is 17.1 Å². The highest BCUT2D eigenvalue weighted by Gasteiger charge is 2.73. The summed E-state index contributed by atoms with van der Waals surface area (Å²) in [6.07, 6.45) is 4.86. The second kappa shape index (κ2) is 6.81. The van der Waals surface area contributed by atoms with E-state index >= 15 is 0 Å². The molecule has 5 heteroatoms. The van der Waals surface area contributed by atoms with E-state index in [4.69, 9.17) is 4.74 Å². The van der Waals surface area contributed by atoms with Crippen molar-refractivity contribution >= 4 is 5.78 Å². The minimum Gasteiger partial charge on any atom is -0.504 e. The molecular weight excluding hydrogens is 390 g/mol. The summed E-state index contributed by atoms with van der Waals surface area (Å²) >= 11 is 0. The van der Waals surface area contributed by atoms with Gasteiger partial charge in [-0.2, -0.15) is 0 Å². The Kier molecular flexibility index (Phi) is 4.25. The number of carbonyl (C=O) groups excluding carboxylic acids is 1. The third-order valence-corrected chi connectivity index (χ3v) is 8.37. The molecule has 5 nitrogen and oxygen atoms in total. The Balaban J connectivity index is 1.29. The van der Waals surface area contributed by atoms with E-state index in [-0.39, 0.29) is 17.6 Å². The summed E-state index contributed by atoms with van der Waals surface area (Å²) in [5, 5.41) is 22.6. The van der Waals surface area contributed by atoms with Crippen LogP contribution in [0.15, 0.2) is 42.5 Å². The molecule has 2 heterocycles. The largest absolute Gasteiger partial charge is 0.504 e. The second-order valence-corrected chi connectivity index (χ2v) is 9.76. The maximum atomic E-state index is 12.9. The van der Waals surface area contributed by atoms with Crippen molar-refractivity contribution in [2.75, 3.05) is 13.1 Å². The van der Waals surface area contributed by atoms with Crippen LogP contribution >= 0.6 is 0 Å². The number of nitrogens with zero attached hydrogens (tertiary/aromatic N) is 1. The summed E-state index contributed by atoms with van der Waals surface area (Å²) in [5.74, 6) is 0.577. The van der Waals surface area contributed by atoms with Crippen LogP contribution in [-0.2, 0) is 23.1 Å². The Morgan fingerprint density at radius 1 is 1.10 bits per heavy atom. The van der Waals surface area contributed by atoms with Crippen LogP contribution in [0.5, 0.6) is 11.5 Å². The molecule has 0 amide bonds. The number of ether oxygens (including phenoxy) is 1. The average molecular weight is 420 g/mol. The Hall–Kier alpha value is -2.37. The smallest absolute Gasteiger partial charge is 0.174 e. The van der Waals surface area contributed by atoms with E-state index in [0.717, 1.165) is 49.9 Å². The lowest BCUT2D eigenvalue weighted by molar-refractivity contribution is -0.188. The number of Topliss-reactive ketones (excluding diaryl/α,β-unsaturated/α-hetero) is 1. The zero-order chi connectivity index (χ0) is 21.2. The number of carbonyl (C=O) groups is 1. The maximum Gasteiger partial charge on any atom is 0.174 e. The molecule has 0 unspecified atom stereocenters. The first-order valence-corrected chi connectivity index (χ1v) is 11.6. The number of aliphatic hydroxyl groups is 1. The Morgan fingerprint density at radius 2 is 1.94 bits per heavy atom. The number of benzene rings is 2. The first-order chi connectivity index (χ1) is 15.0. The van der Waals surface area contributed by atoms with E-state index in [2.05, 4.69) is 35.2 Å². The summed E-state index contributed by atoms with van der Waals surface area (Å²) in [7, 11) is 0. The van der Waals surface area contributed by atoms with E-state index in [0.29, 0.717) is 25.0 Å². The molecule has 0 aromatic heterocycles. The number of rotatable bonds is 5. The zero-order valence-electron chi connectivity index (χ0n) is 17.7. The molecule has 6 rings (SSSR count). The van der Waals surface area contributed by atoms with Crippen molar-refractivity contribution < 1.29 is 19.7 Å². The second-order valence-electron chi connectivity index (χ2n) is 9.76. The number of phenols is 1. The molecule has 2 aliphatic carbocycles. The van der Waals surface area contributed by atoms with E-state index in [9.17, 15) is 15.0 Å². The van der Waals surface area contributed by atoms with Crippen molar-refractivity contribution in [1.29, 1.82) is 0 Å². The highest BCUT2D eigenvalue weighted by Crippen LogP contribution is 2.64. The van der Waals surface area contributed by atoms with Crippen LogP contribution in [0.25, 0.3) is 0 Å². The van der Waals surface area contributed by atoms with Gasteiger partial charge in [0.2, 0.25) is 0 Å². The zero-order valence-corrected chi connectivity index (χ0v) is 17.7. The molecule has 1 saturated carbocycles. The number of piperidine rings is 1. The van der Waals surface area contributed by atoms with Crippen LogP contribution in [0, 0.1) is 0 Å². The molecule has 0 radical (unpaired) electrons. The fraction of sp³-hybridized carbons (Fsp3) is 0.500. The molecule has 4 aliphatic rings. The van der Waals surface area contributed by atoms with Gasteiger partial charge in [0.25, 0.3) is 0 Å². The van der Waals surface area contributed by atoms with E-state index in [1.807, 2.05) is 6.07 Å². The number of aromatic hydroxyl groups is 1. The van der Waals surface area contributed by atoms with E-state index in [1.54, 1.807) is 6.07 Å². The number of unbranched alkanes of at least 4 members (excludes halogenated alkanes) is 1. The highest BCUT2D eigenvalue weighted by molar-refractivity contribution is 5.90. The molecule has 1 spiro atoms. The van der Waals surface area contributed by atoms with Gasteiger partial charge >= 0.3 is 0 Å². The predicted octanol–water partition coefficient (Wildman–Crippen LogP) is 3.14. The molecule has 162 valence electrons. The van der Waals surface area contributed by atoms with Crippen LogP contribution < -0.4 is 4.74 Å². The molecule has 1 saturated heterocycles. The number of hydrogen-bond acceptors (Lipinski definition) is 5. The molecule has 2 aliphatic heterocycles. The molecule has 2 bridgehead atoms. The Bertz CT molecular complexity index is 1040. The summed E-state index contributed by atoms with van der Waals surface area (Å²) in [6.45, 7) is 1.80. The summed E-state index contributed by atoms with van der Waals surface area (Å²) in [5.41, 5.74) is 1.70. The van der Waals surface area contributed by atoms with Gasteiger partial charge in [0, 0.05) is 18.0 Å². The van der Waals surface area contributed by atoms with Crippen LogP contribution in [0.1, 0.15) is 48.8 Å². The maximum absolute atomic E-state index is 12.9. The number of phenolic OH excluding ortho intramolecular Hbond substituents is 1. The Morgan fingerprint density at radius 3 is 2.77 bits per heavy atom. The minimum atomic E-state index is -0.991. The van der Waals surface area contributed by atoms with Crippen LogP contribution in [0.3, 0.4) is 0 Å². The van der Waals surface area contributed by atoms with Crippen molar-refractivity contribution in [3.05, 3.63) is 59.2 Å². The monoisotopic (exact) mass is 419 g/mol. The van der Waals surface area contributed by atoms with Gasteiger partial charge in [0.1, 0.15) is 0 Å². The van der Waals surface area contributed by atoms with Gasteiger partial charge in [-0.15, -0.1) is 0 Å². The number of aryl methyl sites for hydroxylation is 1. The molecular formula is C26H29NO4. The molecule has 4 atom stereocenters. The Labute approximate surface area is 182 Å². The van der Waals surface area contributed by atoms with Crippen molar-refractivity contribution in [3.63, 3.8) is 0 Å². The van der Waals surface area contributed by atoms with E-state index in [1.165, 1.54) is 5.56 Å². The molecule has 2 N–H and O–H groups in total. The van der Waals surface area contributed by atoms with Crippen molar-refractivity contribution in [2.45, 2.75) is 68.1 Å². The van der Waals surface area contributed by atoms with Crippen molar-refractivity contribution in [1.82, 2.24) is 4.90 Å². The average Bonchev–Trinajstić information content (AvgIpc) is 3.13. The fourth-order valence-electron chi connectivity index (χ4n) is 6.97. The molecule has 2 aromatic carbocycles. The standard InChI is InChI=1S/C26H29NO4/c28-19-10-9-18-16-21-26(30)12-11-20(29)24-25(26,22(18)23(19)31-24)13-15-27(21)14-5-4-8-17-6-2-1-3-7-17/h1-3,6-7,9-10,21,24,28,30H,4-5,8,11-16H2/t21-,24+,25+,26-/m0/s1. The lowest BCUT2D eigenvalue weighted by atomic mass is 9.49. The molecule has 2 fully saturated rings. The third-order valence-electron chi connectivity index (χ3n) is 8.37. The number of likely N-dealkylation sites (tertiary alicyclic amines) is 1. The van der Waals surface area contributed by atoms with Gasteiger partial charge in [0.15, 0.2) is 23.4 Å². The van der Waals surface area contributed by atoms with Gasteiger partial charge in [0.05, 0.1) is 11.0 Å². The van der Waals surface area contributed by atoms with Crippen LogP contribution in [0.2, 0.25) is 0 Å². The van der Waals surface area contributed by atoms with Crippen LogP contribution in [-0.4, -0.2) is 51.7 Å². The normalized spacial score (nSPS) is 33.1. The highest BCUT2D eigenvalue weighted by atomic mass is 16.5. The van der Waals surface area contributed by atoms with Gasteiger partial charge in [-0.1, -0.05) is 36.4 Å².